The van der Waals surface area contributed by atoms with Crippen LogP contribution in [0.1, 0.15) is 12.5 Å². The van der Waals surface area contributed by atoms with E-state index in [-0.39, 0.29) is 18.1 Å². The normalized spacial score (nSPS) is 10.6. The number of nitrogens with zero attached hydrogens (tertiary/aromatic N) is 2. The first-order chi connectivity index (χ1) is 16.0. The predicted molar refractivity (Wildman–Crippen MR) is 127 cm³/mol. The Labute approximate surface area is 190 Å². The highest BCUT2D eigenvalue weighted by Gasteiger charge is 2.11. The van der Waals surface area contributed by atoms with E-state index < -0.39 is 5.91 Å². The van der Waals surface area contributed by atoms with E-state index >= 15 is 0 Å². The zero-order valence-electron chi connectivity index (χ0n) is 18.4. The standard InChI is InChI=1S/C25H24N4O4/c1-3-29-24(31)21-6-4-5-7-22(21)26-25(29)28-27-23(30)16-32-18-12-14-20(15-13-18)33-19-10-8-17(2)9-11-19/h4-15H,3,16H2,1-2H3,(H,26,28)(H,27,30). The third-order valence-corrected chi connectivity index (χ3v) is 4.94. The van der Waals surface area contributed by atoms with Crippen LogP contribution in [0.25, 0.3) is 10.9 Å². The molecule has 4 rings (SSSR count). The first-order valence-corrected chi connectivity index (χ1v) is 10.6. The van der Waals surface area contributed by atoms with Crippen LogP contribution < -0.4 is 25.9 Å². The van der Waals surface area contributed by atoms with Crippen molar-refractivity contribution in [1.82, 2.24) is 15.0 Å². The Hall–Kier alpha value is -4.33. The number of nitrogens with one attached hydrogen (secondary N) is 2. The second kappa shape index (κ2) is 9.86. The van der Waals surface area contributed by atoms with Crippen LogP contribution in [-0.2, 0) is 11.3 Å². The van der Waals surface area contributed by atoms with Gasteiger partial charge in [0.2, 0.25) is 5.95 Å². The monoisotopic (exact) mass is 444 g/mol. The van der Waals surface area contributed by atoms with Crippen LogP contribution in [0.4, 0.5) is 5.95 Å². The number of carbonyl (C=O) groups is 1. The van der Waals surface area contributed by atoms with Gasteiger partial charge in [0, 0.05) is 6.54 Å². The molecule has 1 amide bonds. The molecule has 0 aliphatic carbocycles. The molecule has 1 heterocycles. The fraction of sp³-hybridized carbons (Fsp3) is 0.160. The molecule has 168 valence electrons. The molecule has 4 aromatic rings. The molecule has 0 saturated heterocycles. The molecule has 0 aliphatic heterocycles. The maximum Gasteiger partial charge on any atom is 0.276 e. The number of rotatable bonds is 8. The van der Waals surface area contributed by atoms with Gasteiger partial charge in [-0.25, -0.2) is 4.98 Å². The van der Waals surface area contributed by atoms with E-state index in [9.17, 15) is 9.59 Å². The summed E-state index contributed by atoms with van der Waals surface area (Å²) >= 11 is 0. The van der Waals surface area contributed by atoms with Gasteiger partial charge in [0.25, 0.3) is 11.5 Å². The lowest BCUT2D eigenvalue weighted by atomic mass is 10.2. The molecule has 3 aromatic carbocycles. The number of aryl methyl sites for hydroxylation is 1. The summed E-state index contributed by atoms with van der Waals surface area (Å²) in [6.07, 6.45) is 0. The summed E-state index contributed by atoms with van der Waals surface area (Å²) in [4.78, 5) is 29.3. The minimum Gasteiger partial charge on any atom is -0.484 e. The van der Waals surface area contributed by atoms with Gasteiger partial charge in [-0.3, -0.25) is 25.0 Å². The largest absolute Gasteiger partial charge is 0.484 e. The summed E-state index contributed by atoms with van der Waals surface area (Å²) in [5.74, 6) is 1.77. The van der Waals surface area contributed by atoms with Crippen molar-refractivity contribution in [3.05, 3.63) is 88.7 Å². The third-order valence-electron chi connectivity index (χ3n) is 4.94. The highest BCUT2D eigenvalue weighted by molar-refractivity contribution is 5.80. The summed E-state index contributed by atoms with van der Waals surface area (Å²) in [5, 5.41) is 0.523. The van der Waals surface area contributed by atoms with Gasteiger partial charge >= 0.3 is 0 Å². The predicted octanol–water partition coefficient (Wildman–Crippen LogP) is 4.04. The maximum atomic E-state index is 12.6. The fourth-order valence-corrected chi connectivity index (χ4v) is 3.21. The van der Waals surface area contributed by atoms with E-state index in [0.717, 1.165) is 11.3 Å². The van der Waals surface area contributed by atoms with Crippen LogP contribution in [0.2, 0.25) is 0 Å². The molecule has 8 heteroatoms. The van der Waals surface area contributed by atoms with Crippen LogP contribution in [0.15, 0.2) is 77.6 Å². The molecule has 0 unspecified atom stereocenters. The maximum absolute atomic E-state index is 12.6. The van der Waals surface area contributed by atoms with Crippen LogP contribution >= 0.6 is 0 Å². The van der Waals surface area contributed by atoms with E-state index in [2.05, 4.69) is 15.8 Å². The van der Waals surface area contributed by atoms with E-state index in [0.29, 0.717) is 28.9 Å². The van der Waals surface area contributed by atoms with Crippen LogP contribution in [0, 0.1) is 6.92 Å². The molecule has 0 saturated carbocycles. The van der Waals surface area contributed by atoms with Crippen molar-refractivity contribution in [2.24, 2.45) is 0 Å². The van der Waals surface area contributed by atoms with Crippen molar-refractivity contribution in [2.45, 2.75) is 20.4 Å². The van der Waals surface area contributed by atoms with Gasteiger partial charge in [0.15, 0.2) is 6.61 Å². The molecular formula is C25H24N4O4. The third kappa shape index (κ3) is 5.30. The van der Waals surface area contributed by atoms with Gasteiger partial charge in [-0.05, 0) is 62.4 Å². The second-order valence-corrected chi connectivity index (χ2v) is 7.35. The number of aromatic nitrogens is 2. The minimum atomic E-state index is -0.417. The Morgan fingerprint density at radius 2 is 1.58 bits per heavy atom. The number of para-hydroxylation sites is 1. The van der Waals surface area contributed by atoms with Gasteiger partial charge in [-0.15, -0.1) is 0 Å². The van der Waals surface area contributed by atoms with Crippen molar-refractivity contribution in [3.8, 4) is 17.2 Å². The van der Waals surface area contributed by atoms with Gasteiger partial charge in [-0.1, -0.05) is 29.8 Å². The molecule has 1 aromatic heterocycles. The van der Waals surface area contributed by atoms with Crippen molar-refractivity contribution in [3.63, 3.8) is 0 Å². The average Bonchev–Trinajstić information content (AvgIpc) is 2.84. The second-order valence-electron chi connectivity index (χ2n) is 7.35. The molecule has 33 heavy (non-hydrogen) atoms. The van der Waals surface area contributed by atoms with Gasteiger partial charge in [-0.2, -0.15) is 0 Å². The van der Waals surface area contributed by atoms with Gasteiger partial charge in [0.05, 0.1) is 10.9 Å². The summed E-state index contributed by atoms with van der Waals surface area (Å²) in [6.45, 7) is 4.04. The van der Waals surface area contributed by atoms with Gasteiger partial charge < -0.3 is 9.47 Å². The Kier molecular flexibility index (Phi) is 6.54. The zero-order valence-corrected chi connectivity index (χ0v) is 18.4. The molecule has 0 spiro atoms. The molecule has 0 bridgehead atoms. The molecule has 0 radical (unpaired) electrons. The summed E-state index contributed by atoms with van der Waals surface area (Å²) < 4.78 is 12.8. The molecular weight excluding hydrogens is 420 g/mol. The number of amides is 1. The number of fused-ring (bicyclic) bond motifs is 1. The number of benzene rings is 3. The lowest BCUT2D eigenvalue weighted by Crippen LogP contribution is -2.37. The van der Waals surface area contributed by atoms with E-state index in [1.54, 1.807) is 48.5 Å². The number of hydrogen-bond donors (Lipinski definition) is 2. The van der Waals surface area contributed by atoms with Gasteiger partial charge in [0.1, 0.15) is 17.2 Å². The van der Waals surface area contributed by atoms with E-state index in [4.69, 9.17) is 9.47 Å². The van der Waals surface area contributed by atoms with Crippen LogP contribution in [0.5, 0.6) is 17.2 Å². The summed E-state index contributed by atoms with van der Waals surface area (Å²) in [5.41, 5.74) is 6.78. The van der Waals surface area contributed by atoms with Crippen molar-refractivity contribution in [1.29, 1.82) is 0 Å². The number of carbonyl (C=O) groups excluding carboxylic acids is 1. The number of anilines is 1. The Bertz CT molecular complexity index is 1320. The molecule has 0 fully saturated rings. The quantitative estimate of drug-likeness (QED) is 0.399. The average molecular weight is 444 g/mol. The molecule has 0 aliphatic rings. The lowest BCUT2D eigenvalue weighted by Gasteiger charge is -2.14. The summed E-state index contributed by atoms with van der Waals surface area (Å²) in [7, 11) is 0. The van der Waals surface area contributed by atoms with E-state index in [1.165, 1.54) is 4.57 Å². The van der Waals surface area contributed by atoms with Crippen molar-refractivity contribution >= 4 is 22.8 Å². The number of hydrogen-bond acceptors (Lipinski definition) is 6. The fourth-order valence-electron chi connectivity index (χ4n) is 3.21. The van der Waals surface area contributed by atoms with Crippen molar-refractivity contribution in [2.75, 3.05) is 12.0 Å². The molecule has 2 N–H and O–H groups in total. The number of ether oxygens (including phenoxy) is 2. The molecule has 8 nitrogen and oxygen atoms in total. The molecule has 0 atom stereocenters. The zero-order chi connectivity index (χ0) is 23.2. The minimum absolute atomic E-state index is 0.177. The first-order valence-electron chi connectivity index (χ1n) is 10.6. The van der Waals surface area contributed by atoms with Crippen molar-refractivity contribution < 1.29 is 14.3 Å². The van der Waals surface area contributed by atoms with Crippen LogP contribution in [-0.4, -0.2) is 22.1 Å². The smallest absolute Gasteiger partial charge is 0.276 e. The number of hydrazine groups is 1. The Balaban J connectivity index is 1.32. The Morgan fingerprint density at radius 1 is 0.939 bits per heavy atom. The highest BCUT2D eigenvalue weighted by atomic mass is 16.5. The highest BCUT2D eigenvalue weighted by Crippen LogP contribution is 2.24. The Morgan fingerprint density at radius 3 is 2.27 bits per heavy atom. The first kappa shape index (κ1) is 21.9. The summed E-state index contributed by atoms with van der Waals surface area (Å²) in [6, 6.07) is 21.8. The SMILES string of the molecule is CCn1c(NNC(=O)COc2ccc(Oc3ccc(C)cc3)cc2)nc2ccccc2c1=O. The lowest BCUT2D eigenvalue weighted by molar-refractivity contribution is -0.122. The topological polar surface area (TPSA) is 94.5 Å². The van der Waals surface area contributed by atoms with E-state index in [1.807, 2.05) is 38.1 Å². The van der Waals surface area contributed by atoms with Crippen LogP contribution in [0.3, 0.4) is 0 Å².